The number of carbonyl (C=O) groups excluding carboxylic acids is 1. The first-order valence-electron chi connectivity index (χ1n) is 9.90. The van der Waals surface area contributed by atoms with Crippen LogP contribution in [0.2, 0.25) is 0 Å². The molecule has 156 valence electrons. The van der Waals surface area contributed by atoms with Crippen molar-refractivity contribution in [1.29, 1.82) is 0 Å². The predicted octanol–water partition coefficient (Wildman–Crippen LogP) is 6.68. The molecule has 3 rings (SSSR count). The van der Waals surface area contributed by atoms with Gasteiger partial charge in [0.15, 0.2) is 0 Å². The van der Waals surface area contributed by atoms with Crippen LogP contribution >= 0.6 is 15.9 Å². The van der Waals surface area contributed by atoms with Crippen LogP contribution in [-0.2, 0) is 4.74 Å². The van der Waals surface area contributed by atoms with Gasteiger partial charge in [-0.05, 0) is 68.8 Å². The van der Waals surface area contributed by atoms with E-state index in [9.17, 15) is 4.79 Å². The van der Waals surface area contributed by atoms with Crippen LogP contribution in [0.3, 0.4) is 0 Å². The number of rotatable bonds is 8. The van der Waals surface area contributed by atoms with E-state index in [4.69, 9.17) is 9.47 Å². The number of aryl methyl sites for hydroxylation is 1. The maximum atomic E-state index is 12.8. The van der Waals surface area contributed by atoms with Gasteiger partial charge >= 0.3 is 0 Å². The first kappa shape index (κ1) is 22.0. The molecule has 0 saturated heterocycles. The standard InChI is InChI=1S/C24H25BrN2O3/c1-4-14-29-17(3)23-13-12-22(16(2)26-23)24(28)27-19-6-5-7-21(15-19)30-20-10-8-18(25)9-11-20/h5-13,15,17H,4,14H2,1-3H3,(H,27,28). The van der Waals surface area contributed by atoms with E-state index in [2.05, 4.69) is 33.2 Å². The second-order valence-corrected chi connectivity index (χ2v) is 7.84. The number of ether oxygens (including phenoxy) is 2. The second kappa shape index (κ2) is 10.4. The minimum Gasteiger partial charge on any atom is -0.457 e. The molecule has 1 aromatic heterocycles. The number of pyridine rings is 1. The number of aromatic nitrogens is 1. The Kier molecular flexibility index (Phi) is 7.60. The monoisotopic (exact) mass is 468 g/mol. The maximum absolute atomic E-state index is 12.8. The number of halogens is 1. The Morgan fingerprint density at radius 2 is 1.87 bits per heavy atom. The van der Waals surface area contributed by atoms with Gasteiger partial charge in [0.25, 0.3) is 5.91 Å². The summed E-state index contributed by atoms with van der Waals surface area (Å²) in [5.41, 5.74) is 2.67. The van der Waals surface area contributed by atoms with E-state index in [0.29, 0.717) is 29.3 Å². The molecule has 1 amide bonds. The Balaban J connectivity index is 1.69. The summed E-state index contributed by atoms with van der Waals surface area (Å²) in [5, 5.41) is 2.92. The van der Waals surface area contributed by atoms with Crippen LogP contribution < -0.4 is 10.1 Å². The van der Waals surface area contributed by atoms with Gasteiger partial charge in [0, 0.05) is 22.8 Å². The van der Waals surface area contributed by atoms with Crippen LogP contribution in [0.5, 0.6) is 11.5 Å². The molecule has 2 aromatic carbocycles. The summed E-state index contributed by atoms with van der Waals surface area (Å²) in [5.74, 6) is 1.15. The van der Waals surface area contributed by atoms with Gasteiger partial charge in [-0.2, -0.15) is 0 Å². The fourth-order valence-electron chi connectivity index (χ4n) is 2.90. The molecule has 0 aliphatic heterocycles. The zero-order chi connectivity index (χ0) is 21.5. The van der Waals surface area contributed by atoms with Crippen LogP contribution in [-0.4, -0.2) is 17.5 Å². The average Bonchev–Trinajstić information content (AvgIpc) is 2.73. The minimum atomic E-state index is -0.213. The van der Waals surface area contributed by atoms with Gasteiger partial charge < -0.3 is 14.8 Å². The summed E-state index contributed by atoms with van der Waals surface area (Å²) in [4.78, 5) is 17.3. The Morgan fingerprint density at radius 1 is 1.10 bits per heavy atom. The van der Waals surface area contributed by atoms with Crippen molar-refractivity contribution >= 4 is 27.5 Å². The summed E-state index contributed by atoms with van der Waals surface area (Å²) in [7, 11) is 0. The van der Waals surface area contributed by atoms with Gasteiger partial charge in [0.1, 0.15) is 11.5 Å². The highest BCUT2D eigenvalue weighted by Gasteiger charge is 2.14. The number of hydrogen-bond donors (Lipinski definition) is 1. The topological polar surface area (TPSA) is 60.5 Å². The predicted molar refractivity (Wildman–Crippen MR) is 122 cm³/mol. The van der Waals surface area contributed by atoms with E-state index in [0.717, 1.165) is 22.3 Å². The number of nitrogens with one attached hydrogen (secondary N) is 1. The van der Waals surface area contributed by atoms with E-state index in [1.807, 2.05) is 62.4 Å². The van der Waals surface area contributed by atoms with E-state index in [-0.39, 0.29) is 12.0 Å². The Bertz CT molecular complexity index is 1010. The van der Waals surface area contributed by atoms with Crippen molar-refractivity contribution in [3.05, 3.63) is 82.1 Å². The van der Waals surface area contributed by atoms with Crippen molar-refractivity contribution in [2.24, 2.45) is 0 Å². The summed E-state index contributed by atoms with van der Waals surface area (Å²) >= 11 is 3.41. The second-order valence-electron chi connectivity index (χ2n) is 6.92. The molecule has 0 radical (unpaired) electrons. The average molecular weight is 469 g/mol. The normalized spacial score (nSPS) is 11.7. The van der Waals surface area contributed by atoms with Crippen molar-refractivity contribution in [1.82, 2.24) is 4.98 Å². The van der Waals surface area contributed by atoms with Crippen LogP contribution in [0, 0.1) is 6.92 Å². The molecule has 0 spiro atoms. The van der Waals surface area contributed by atoms with E-state index >= 15 is 0 Å². The number of benzene rings is 2. The SMILES string of the molecule is CCCOC(C)c1ccc(C(=O)Nc2cccc(Oc3ccc(Br)cc3)c2)c(C)n1. The van der Waals surface area contributed by atoms with E-state index in [1.54, 1.807) is 12.1 Å². The molecule has 3 aromatic rings. The quantitative estimate of drug-likeness (QED) is 0.400. The molecular formula is C24H25BrN2O3. The highest BCUT2D eigenvalue weighted by atomic mass is 79.9. The first-order valence-corrected chi connectivity index (χ1v) is 10.7. The lowest BCUT2D eigenvalue weighted by atomic mass is 10.1. The molecule has 5 nitrogen and oxygen atoms in total. The maximum Gasteiger partial charge on any atom is 0.257 e. The molecule has 1 heterocycles. The summed E-state index contributed by atoms with van der Waals surface area (Å²) in [6.07, 6.45) is 0.849. The lowest BCUT2D eigenvalue weighted by Gasteiger charge is -2.14. The van der Waals surface area contributed by atoms with Gasteiger partial charge in [-0.15, -0.1) is 0 Å². The molecule has 0 aliphatic carbocycles. The summed E-state index contributed by atoms with van der Waals surface area (Å²) in [6.45, 7) is 6.55. The molecule has 1 unspecified atom stereocenters. The third kappa shape index (κ3) is 5.90. The lowest BCUT2D eigenvalue weighted by Crippen LogP contribution is -2.15. The van der Waals surface area contributed by atoms with Crippen molar-refractivity contribution in [3.63, 3.8) is 0 Å². The Hall–Kier alpha value is -2.70. The van der Waals surface area contributed by atoms with Gasteiger partial charge in [0.05, 0.1) is 23.1 Å². The molecule has 0 saturated carbocycles. The summed E-state index contributed by atoms with van der Waals surface area (Å²) in [6, 6.07) is 18.5. The smallest absolute Gasteiger partial charge is 0.257 e. The number of hydrogen-bond acceptors (Lipinski definition) is 4. The molecule has 0 bridgehead atoms. The Labute approximate surface area is 185 Å². The molecular weight excluding hydrogens is 444 g/mol. The first-order chi connectivity index (χ1) is 14.5. The number of anilines is 1. The van der Waals surface area contributed by atoms with Crippen molar-refractivity contribution in [2.75, 3.05) is 11.9 Å². The van der Waals surface area contributed by atoms with Gasteiger partial charge in [-0.3, -0.25) is 9.78 Å². The number of nitrogens with zero attached hydrogens (tertiary/aromatic N) is 1. The molecule has 0 aliphatic rings. The summed E-state index contributed by atoms with van der Waals surface area (Å²) < 4.78 is 12.6. The van der Waals surface area contributed by atoms with Crippen molar-refractivity contribution < 1.29 is 14.3 Å². The van der Waals surface area contributed by atoms with Crippen molar-refractivity contribution in [2.45, 2.75) is 33.3 Å². The molecule has 6 heteroatoms. The van der Waals surface area contributed by atoms with Gasteiger partial charge in [-0.25, -0.2) is 0 Å². The minimum absolute atomic E-state index is 0.104. The largest absolute Gasteiger partial charge is 0.457 e. The number of carbonyl (C=O) groups is 1. The van der Waals surface area contributed by atoms with Crippen LogP contribution in [0.1, 0.15) is 48.1 Å². The van der Waals surface area contributed by atoms with Gasteiger partial charge in [-0.1, -0.05) is 28.9 Å². The Morgan fingerprint density at radius 3 is 2.57 bits per heavy atom. The fraction of sp³-hybridized carbons (Fsp3) is 0.250. The van der Waals surface area contributed by atoms with Gasteiger partial charge in [0.2, 0.25) is 0 Å². The van der Waals surface area contributed by atoms with E-state index < -0.39 is 0 Å². The number of amides is 1. The lowest BCUT2D eigenvalue weighted by molar-refractivity contribution is 0.0632. The molecule has 30 heavy (non-hydrogen) atoms. The van der Waals surface area contributed by atoms with Crippen LogP contribution in [0.25, 0.3) is 0 Å². The third-order valence-corrected chi connectivity index (χ3v) is 5.01. The van der Waals surface area contributed by atoms with E-state index in [1.165, 1.54) is 0 Å². The highest BCUT2D eigenvalue weighted by molar-refractivity contribution is 9.10. The van der Waals surface area contributed by atoms with Crippen LogP contribution in [0.4, 0.5) is 5.69 Å². The zero-order valence-electron chi connectivity index (χ0n) is 17.3. The zero-order valence-corrected chi connectivity index (χ0v) is 18.9. The highest BCUT2D eigenvalue weighted by Crippen LogP contribution is 2.26. The molecule has 1 atom stereocenters. The fourth-order valence-corrected chi connectivity index (χ4v) is 3.17. The van der Waals surface area contributed by atoms with Crippen LogP contribution in [0.15, 0.2) is 65.1 Å². The molecule has 1 N–H and O–H groups in total. The van der Waals surface area contributed by atoms with Crippen molar-refractivity contribution in [3.8, 4) is 11.5 Å². The molecule has 0 fully saturated rings. The third-order valence-electron chi connectivity index (χ3n) is 4.48.